The molecular formula is C13H15NO3. The van der Waals surface area contributed by atoms with E-state index in [1.54, 1.807) is 0 Å². The molecule has 1 heterocycles. The SMILES string of the molecule is Cc1ccc([C@H]2CC(=O)N(C)C2)cc1.O=C=O. The van der Waals surface area contributed by atoms with Crippen LogP contribution in [-0.2, 0) is 14.4 Å². The third-order valence-corrected chi connectivity index (χ3v) is 2.89. The molecule has 2 rings (SSSR count). The second-order valence-corrected chi connectivity index (χ2v) is 4.17. The third-order valence-electron chi connectivity index (χ3n) is 2.89. The van der Waals surface area contributed by atoms with Crippen molar-refractivity contribution in [2.24, 2.45) is 0 Å². The molecular weight excluding hydrogens is 218 g/mol. The number of rotatable bonds is 1. The van der Waals surface area contributed by atoms with Crippen molar-refractivity contribution in [1.29, 1.82) is 0 Å². The maximum Gasteiger partial charge on any atom is 0.373 e. The monoisotopic (exact) mass is 233 g/mol. The van der Waals surface area contributed by atoms with Crippen molar-refractivity contribution < 1.29 is 14.4 Å². The molecule has 1 atom stereocenters. The van der Waals surface area contributed by atoms with Gasteiger partial charge in [-0.3, -0.25) is 4.79 Å². The number of carbonyl (C=O) groups is 1. The first-order chi connectivity index (χ1) is 8.08. The molecule has 17 heavy (non-hydrogen) atoms. The minimum atomic E-state index is 0.250. The molecule has 1 aromatic rings. The van der Waals surface area contributed by atoms with Gasteiger partial charge in [0, 0.05) is 25.9 Å². The third kappa shape index (κ3) is 3.54. The van der Waals surface area contributed by atoms with Gasteiger partial charge in [0.1, 0.15) is 0 Å². The molecule has 0 N–H and O–H groups in total. The molecule has 0 bridgehead atoms. The zero-order valence-corrected chi connectivity index (χ0v) is 9.97. The lowest BCUT2D eigenvalue weighted by Crippen LogP contribution is -2.18. The summed E-state index contributed by atoms with van der Waals surface area (Å²) >= 11 is 0. The molecule has 0 unspecified atom stereocenters. The van der Waals surface area contributed by atoms with Gasteiger partial charge in [-0.25, -0.2) is 0 Å². The standard InChI is InChI=1S/C12H15NO.CO2/c1-9-3-5-10(6-4-9)11-7-12(14)13(2)8-11;2-1-3/h3-6,11H,7-8H2,1-2H3;/t11-;/m0./s1. The van der Waals surface area contributed by atoms with E-state index in [9.17, 15) is 4.79 Å². The van der Waals surface area contributed by atoms with E-state index in [-0.39, 0.29) is 12.1 Å². The number of benzene rings is 1. The molecule has 0 saturated carbocycles. The minimum Gasteiger partial charge on any atom is -0.345 e. The highest BCUT2D eigenvalue weighted by atomic mass is 16.2. The first kappa shape index (κ1) is 13.1. The Morgan fingerprint density at radius 3 is 2.18 bits per heavy atom. The van der Waals surface area contributed by atoms with Crippen molar-refractivity contribution in [3.05, 3.63) is 35.4 Å². The Bertz CT molecular complexity index is 419. The van der Waals surface area contributed by atoms with Gasteiger partial charge in [0.25, 0.3) is 0 Å². The number of aryl methyl sites for hydroxylation is 1. The topological polar surface area (TPSA) is 54.5 Å². The predicted molar refractivity (Wildman–Crippen MR) is 61.2 cm³/mol. The van der Waals surface area contributed by atoms with Crippen molar-refractivity contribution >= 4 is 12.1 Å². The van der Waals surface area contributed by atoms with Gasteiger partial charge in [-0.1, -0.05) is 29.8 Å². The van der Waals surface area contributed by atoms with E-state index in [1.165, 1.54) is 11.1 Å². The van der Waals surface area contributed by atoms with Crippen molar-refractivity contribution in [3.63, 3.8) is 0 Å². The van der Waals surface area contributed by atoms with Crippen molar-refractivity contribution in [1.82, 2.24) is 4.90 Å². The Balaban J connectivity index is 0.000000437. The van der Waals surface area contributed by atoms with Gasteiger partial charge in [-0.15, -0.1) is 0 Å². The highest BCUT2D eigenvalue weighted by molar-refractivity contribution is 5.79. The van der Waals surface area contributed by atoms with Crippen LogP contribution in [-0.4, -0.2) is 30.6 Å². The zero-order valence-electron chi connectivity index (χ0n) is 9.97. The van der Waals surface area contributed by atoms with E-state index in [0.29, 0.717) is 12.3 Å². The van der Waals surface area contributed by atoms with E-state index in [0.717, 1.165) is 6.54 Å². The zero-order chi connectivity index (χ0) is 12.8. The number of nitrogens with zero attached hydrogens (tertiary/aromatic N) is 1. The van der Waals surface area contributed by atoms with Gasteiger partial charge in [-0.05, 0) is 12.5 Å². The molecule has 0 spiro atoms. The van der Waals surface area contributed by atoms with Crippen molar-refractivity contribution in [2.45, 2.75) is 19.3 Å². The Labute approximate surface area is 100 Å². The quantitative estimate of drug-likeness (QED) is 0.736. The normalized spacial score (nSPS) is 18.4. The molecule has 1 saturated heterocycles. The van der Waals surface area contributed by atoms with Gasteiger partial charge in [-0.2, -0.15) is 9.59 Å². The molecule has 1 aliphatic heterocycles. The molecule has 4 heteroatoms. The Morgan fingerprint density at radius 1 is 1.24 bits per heavy atom. The summed E-state index contributed by atoms with van der Waals surface area (Å²) in [7, 11) is 1.87. The van der Waals surface area contributed by atoms with Crippen LogP contribution >= 0.6 is 0 Å². The second kappa shape index (κ2) is 5.97. The van der Waals surface area contributed by atoms with Gasteiger partial charge >= 0.3 is 6.15 Å². The van der Waals surface area contributed by atoms with Gasteiger partial charge in [0.15, 0.2) is 0 Å². The van der Waals surface area contributed by atoms with Crippen LogP contribution in [0.5, 0.6) is 0 Å². The molecule has 1 fully saturated rings. The lowest BCUT2D eigenvalue weighted by atomic mass is 9.97. The van der Waals surface area contributed by atoms with Crippen LogP contribution in [0.2, 0.25) is 0 Å². The highest BCUT2D eigenvalue weighted by Gasteiger charge is 2.27. The number of hydrogen-bond acceptors (Lipinski definition) is 3. The number of carbonyl (C=O) groups excluding carboxylic acids is 3. The number of likely N-dealkylation sites (tertiary alicyclic amines) is 1. The Hall–Kier alpha value is -1.93. The fourth-order valence-corrected chi connectivity index (χ4v) is 1.93. The summed E-state index contributed by atoms with van der Waals surface area (Å²) in [6.45, 7) is 2.94. The lowest BCUT2D eigenvalue weighted by Gasteiger charge is -2.10. The summed E-state index contributed by atoms with van der Waals surface area (Å²) < 4.78 is 0. The Kier molecular flexibility index (Phi) is 4.61. The molecule has 0 aliphatic carbocycles. The van der Waals surface area contributed by atoms with Crippen LogP contribution in [0.15, 0.2) is 24.3 Å². The number of hydrogen-bond donors (Lipinski definition) is 0. The summed E-state index contributed by atoms with van der Waals surface area (Å²) in [4.78, 5) is 29.4. The van der Waals surface area contributed by atoms with E-state index >= 15 is 0 Å². The minimum absolute atomic E-state index is 0.250. The van der Waals surface area contributed by atoms with Crippen LogP contribution in [0, 0.1) is 6.92 Å². The molecule has 0 aromatic heterocycles. The first-order valence-electron chi connectivity index (χ1n) is 5.38. The summed E-state index contributed by atoms with van der Waals surface area (Å²) in [5, 5.41) is 0. The number of amides is 1. The van der Waals surface area contributed by atoms with Gasteiger partial charge < -0.3 is 4.90 Å². The fourth-order valence-electron chi connectivity index (χ4n) is 1.93. The van der Waals surface area contributed by atoms with Crippen LogP contribution in [0.4, 0.5) is 0 Å². The highest BCUT2D eigenvalue weighted by Crippen LogP contribution is 2.26. The summed E-state index contributed by atoms with van der Waals surface area (Å²) in [5.74, 6) is 0.656. The molecule has 90 valence electrons. The fraction of sp³-hybridized carbons (Fsp3) is 0.385. The van der Waals surface area contributed by atoms with Crippen LogP contribution in [0.25, 0.3) is 0 Å². The van der Waals surface area contributed by atoms with Crippen molar-refractivity contribution in [2.75, 3.05) is 13.6 Å². The summed E-state index contributed by atoms with van der Waals surface area (Å²) in [5.41, 5.74) is 2.56. The van der Waals surface area contributed by atoms with E-state index in [2.05, 4.69) is 31.2 Å². The van der Waals surface area contributed by atoms with Crippen LogP contribution < -0.4 is 0 Å². The summed E-state index contributed by atoms with van der Waals surface area (Å²) in [6.07, 6.45) is 0.916. The molecule has 1 aliphatic rings. The average Bonchev–Trinajstić information content (AvgIpc) is 2.61. The Morgan fingerprint density at radius 2 is 1.76 bits per heavy atom. The van der Waals surface area contributed by atoms with E-state index < -0.39 is 0 Å². The molecule has 0 radical (unpaired) electrons. The maximum atomic E-state index is 11.4. The van der Waals surface area contributed by atoms with E-state index in [1.807, 2.05) is 11.9 Å². The van der Waals surface area contributed by atoms with Crippen molar-refractivity contribution in [3.8, 4) is 0 Å². The van der Waals surface area contributed by atoms with E-state index in [4.69, 9.17) is 9.59 Å². The van der Waals surface area contributed by atoms with Crippen LogP contribution in [0.3, 0.4) is 0 Å². The number of likely N-dealkylation sites (N-methyl/N-ethyl adjacent to an activating group) is 1. The predicted octanol–water partition coefficient (Wildman–Crippen LogP) is 1.36. The van der Waals surface area contributed by atoms with Gasteiger partial charge in [0.05, 0.1) is 0 Å². The molecule has 1 amide bonds. The molecule has 4 nitrogen and oxygen atoms in total. The molecule has 1 aromatic carbocycles. The smallest absolute Gasteiger partial charge is 0.345 e. The largest absolute Gasteiger partial charge is 0.373 e. The second-order valence-electron chi connectivity index (χ2n) is 4.17. The average molecular weight is 233 g/mol. The maximum absolute atomic E-state index is 11.4. The summed E-state index contributed by atoms with van der Waals surface area (Å²) in [6, 6.07) is 8.48. The first-order valence-corrected chi connectivity index (χ1v) is 5.38. The lowest BCUT2D eigenvalue weighted by molar-refractivity contribution is -0.191. The van der Waals surface area contributed by atoms with Gasteiger partial charge in [0.2, 0.25) is 5.91 Å². The van der Waals surface area contributed by atoms with Crippen LogP contribution in [0.1, 0.15) is 23.5 Å².